The monoisotopic (exact) mass is 1650 g/mol. The molecule has 8 aromatic rings. The van der Waals surface area contributed by atoms with E-state index in [4.69, 9.17) is 22.3 Å². The molecule has 8 atom stereocenters. The molecular weight excluding hydrogens is 1560 g/mol. The van der Waals surface area contributed by atoms with Gasteiger partial charge in [0.1, 0.15) is 57.1 Å². The number of allylic oxidation sites excluding steroid dienone is 2. The fraction of sp³-hybridized carbons (Fsp3) is 0.301. The molecule has 624 valence electrons. The van der Waals surface area contributed by atoms with Gasteiger partial charge in [0.05, 0.1) is 50.4 Å². The van der Waals surface area contributed by atoms with Crippen LogP contribution in [0.2, 0.25) is 6.55 Å². The van der Waals surface area contributed by atoms with Gasteiger partial charge in [-0.15, -0.1) is 10.2 Å². The smallest absolute Gasteiger partial charge is 0.305 e. The zero-order valence-electron chi connectivity index (χ0n) is 65.5. The summed E-state index contributed by atoms with van der Waals surface area (Å²) >= 11 is 0. The SMILES string of the molecule is C[SiH]1C(c2ccc(Cn3cc(C[C@@H]4NC(=O)[C@@H](Cc5ccccc5)NC(=O)[C@H](CC(=O)O)NC(=O)CNC(=O)[C@H](CCCNC(=N)N)NC4=O)nn3)cc2)=C(c2ccccc2)C(c2ccccc2)=C1c1ccc(Cn2cc(C[C@@H]3NC(=O)[C@@H](Cc4ccccc4)NC(=O)[C@H](CC(=O)O)NC(=O)CNC(=O)[C@H](CCCNC(=N)N)NC3=O)nn2)cc1. The molecule has 2 fully saturated rings. The van der Waals surface area contributed by atoms with E-state index >= 15 is 0 Å². The minimum absolute atomic E-state index is 0.0292. The number of carboxylic acid groups (broad SMARTS) is 2. The Balaban J connectivity index is 0.835. The number of nitrogens with one attached hydrogen (secondary N) is 14. The molecule has 0 unspecified atom stereocenters. The van der Waals surface area contributed by atoms with Crippen LogP contribution in [-0.4, -0.2) is 206 Å². The van der Waals surface area contributed by atoms with Crippen LogP contribution in [0.3, 0.4) is 0 Å². The highest BCUT2D eigenvalue weighted by molar-refractivity contribution is 6.99. The molecule has 6 aromatic carbocycles. The predicted molar refractivity (Wildman–Crippen MR) is 443 cm³/mol. The van der Waals surface area contributed by atoms with Crippen LogP contribution < -0.4 is 75.3 Å². The number of nitrogens with two attached hydrogens (primary N) is 2. The van der Waals surface area contributed by atoms with Crippen LogP contribution in [0.1, 0.15) is 94.4 Å². The minimum Gasteiger partial charge on any atom is -0.481 e. The average Bonchev–Trinajstić information content (AvgIpc) is 1.58. The molecule has 3 aliphatic rings. The lowest BCUT2D eigenvalue weighted by Gasteiger charge is -2.25. The topological polar surface area (TPSA) is 551 Å². The van der Waals surface area contributed by atoms with Crippen LogP contribution in [-0.2, 0) is 96.3 Å². The molecule has 11 rings (SSSR count). The summed E-state index contributed by atoms with van der Waals surface area (Å²) in [7, 11) is -2.17. The number of rotatable bonds is 28. The summed E-state index contributed by atoms with van der Waals surface area (Å²) in [5, 5.41) is 85.7. The van der Waals surface area contributed by atoms with Crippen molar-refractivity contribution in [3.8, 4) is 0 Å². The molecule has 3 aliphatic heterocycles. The third-order valence-corrected chi connectivity index (χ3v) is 23.2. The normalized spacial score (nSPS) is 20.6. The number of carboxylic acids is 2. The molecule has 2 aromatic heterocycles. The number of carbonyl (C=O) groups is 12. The summed E-state index contributed by atoms with van der Waals surface area (Å²) in [6.07, 6.45) is 1.07. The first-order chi connectivity index (χ1) is 57.8. The van der Waals surface area contributed by atoms with Crippen molar-refractivity contribution < 1.29 is 67.7 Å². The molecule has 5 heterocycles. The lowest BCUT2D eigenvalue weighted by atomic mass is 9.89. The highest BCUT2D eigenvalue weighted by Gasteiger charge is 2.39. The Morgan fingerprint density at radius 1 is 0.408 bits per heavy atom. The summed E-state index contributed by atoms with van der Waals surface area (Å²) in [6.45, 7) is 1.59. The molecule has 0 saturated carbocycles. The molecule has 36 nitrogen and oxygen atoms in total. The summed E-state index contributed by atoms with van der Waals surface area (Å²) in [5.41, 5.74) is 20.5. The van der Waals surface area contributed by atoms with Gasteiger partial charge in [-0.05, 0) is 91.7 Å². The van der Waals surface area contributed by atoms with Gasteiger partial charge in [0.25, 0.3) is 0 Å². The molecule has 37 heteroatoms. The first-order valence-corrected chi connectivity index (χ1v) is 41.3. The molecule has 2 saturated heterocycles. The van der Waals surface area contributed by atoms with Crippen molar-refractivity contribution in [2.45, 2.75) is 132 Å². The largest absolute Gasteiger partial charge is 0.481 e. The molecule has 0 aliphatic carbocycles. The summed E-state index contributed by atoms with van der Waals surface area (Å²) < 4.78 is 3.15. The van der Waals surface area contributed by atoms with Crippen molar-refractivity contribution in [2.75, 3.05) is 26.2 Å². The number of nitrogens with zero attached hydrogens (tertiary/aromatic N) is 6. The van der Waals surface area contributed by atoms with Gasteiger partial charge in [-0.2, -0.15) is 0 Å². The van der Waals surface area contributed by atoms with Crippen molar-refractivity contribution in [1.29, 1.82) is 10.8 Å². The van der Waals surface area contributed by atoms with Gasteiger partial charge in [-0.3, -0.25) is 68.4 Å². The van der Waals surface area contributed by atoms with E-state index in [-0.39, 0.29) is 101 Å². The molecule has 0 radical (unpaired) electrons. The number of benzene rings is 6. The second-order valence-electron chi connectivity index (χ2n) is 29.2. The van der Waals surface area contributed by atoms with Crippen LogP contribution in [0.4, 0.5) is 0 Å². The number of aliphatic carboxylic acids is 2. The Kier molecular flexibility index (Phi) is 29.8. The van der Waals surface area contributed by atoms with Gasteiger partial charge >= 0.3 is 11.9 Å². The first kappa shape index (κ1) is 86.3. The summed E-state index contributed by atoms with van der Waals surface area (Å²) in [5.74, 6) is -12.4. The van der Waals surface area contributed by atoms with Crippen LogP contribution in [0.5, 0.6) is 0 Å². The maximum Gasteiger partial charge on any atom is 0.305 e. The molecular formula is C83H94N22O14Si. The van der Waals surface area contributed by atoms with Gasteiger partial charge in [0.2, 0.25) is 59.1 Å². The standard InChI is InChI=1S/C83H94N22O14Si/c1-120-72(54-30-26-50(27-31-54)44-104-46-56(100-102-104)38-62-78(116)94-58(24-14-34-88-82(84)85)74(112)90-42-66(106)92-64(40-68(108)109)80(118)96-60(76(114)98-62)36-48-16-6-2-7-17-48)70(52-20-10-4-11-21-52)71(53-22-12-5-13-23-53)73(120)55-32-28-51(29-33-55)45-105-47-57(101-103-105)39-63-79(117)95-59(25-15-35-89-83(86)87)75(113)91-43-67(107)93-65(41-69(110)111)81(119)97-61(77(115)99-63)37-49-18-8-3-9-19-49/h2-13,16-23,26-33,46-47,58-65,120H,14-15,24-25,34-45H2,1H3,(H,90,112)(H,91,113)(H,92,106)(H,93,107)(H,94,116)(H,95,117)(H,96,118)(H,97,119)(H,98,114)(H,99,115)(H,108,109)(H,110,111)(H4,84,85,88)(H4,86,87,89)/t58-,59-,60+,61+,62-,63-,64-,65-/m0/s1. The van der Waals surface area contributed by atoms with E-state index in [1.165, 1.54) is 10.4 Å². The maximum atomic E-state index is 14.6. The second kappa shape index (κ2) is 41.4. The van der Waals surface area contributed by atoms with Gasteiger partial charge < -0.3 is 85.5 Å². The number of amides is 10. The predicted octanol–water partition coefficient (Wildman–Crippen LogP) is -0.379. The molecule has 20 N–H and O–H groups in total. The van der Waals surface area contributed by atoms with E-state index in [1.54, 1.807) is 82.4 Å². The molecule has 0 spiro atoms. The molecule has 10 amide bonds. The molecule has 120 heavy (non-hydrogen) atoms. The minimum atomic E-state index is -2.17. The van der Waals surface area contributed by atoms with Gasteiger partial charge in [0.15, 0.2) is 11.9 Å². The average molecular weight is 1650 g/mol. The maximum absolute atomic E-state index is 14.6. The Labute approximate surface area is 690 Å². The van der Waals surface area contributed by atoms with Crippen molar-refractivity contribution >= 4 is 113 Å². The van der Waals surface area contributed by atoms with Crippen molar-refractivity contribution in [3.63, 3.8) is 0 Å². The Morgan fingerprint density at radius 3 is 1.06 bits per heavy atom. The Hall–Kier alpha value is -14.5. The van der Waals surface area contributed by atoms with Crippen molar-refractivity contribution in [3.05, 3.63) is 238 Å². The van der Waals surface area contributed by atoms with E-state index < -0.39 is 154 Å². The number of carbonyl (C=O) groups excluding carboxylic acids is 10. The Bertz CT molecular complexity index is 4830. The zero-order chi connectivity index (χ0) is 85.4. The third-order valence-electron chi connectivity index (χ3n) is 20.2. The Morgan fingerprint density at radius 2 is 0.725 bits per heavy atom. The quantitative estimate of drug-likeness (QED) is 0.0129. The van der Waals surface area contributed by atoms with Crippen LogP contribution >= 0.6 is 0 Å². The van der Waals surface area contributed by atoms with E-state index in [0.717, 1.165) is 44.5 Å². The first-order valence-electron chi connectivity index (χ1n) is 39.0. The van der Waals surface area contributed by atoms with Crippen molar-refractivity contribution in [2.24, 2.45) is 11.5 Å². The lowest BCUT2D eigenvalue weighted by Crippen LogP contribution is -2.58. The zero-order valence-corrected chi connectivity index (χ0v) is 66.6. The van der Waals surface area contributed by atoms with Gasteiger partial charge in [-0.25, -0.2) is 9.36 Å². The fourth-order valence-electron chi connectivity index (χ4n) is 14.4. The number of hydrogen-bond acceptors (Lipinski definition) is 18. The number of guanidine groups is 2. The fourth-order valence-corrected chi connectivity index (χ4v) is 17.6. The molecule has 0 bridgehead atoms. The van der Waals surface area contributed by atoms with Crippen LogP contribution in [0.25, 0.3) is 21.5 Å². The highest BCUT2D eigenvalue weighted by Crippen LogP contribution is 2.51. The van der Waals surface area contributed by atoms with Crippen molar-refractivity contribution in [1.82, 2.24) is 93.8 Å². The van der Waals surface area contributed by atoms with E-state index in [0.29, 0.717) is 11.1 Å². The lowest BCUT2D eigenvalue weighted by molar-refractivity contribution is -0.141. The van der Waals surface area contributed by atoms with E-state index in [1.807, 2.05) is 60.7 Å². The van der Waals surface area contributed by atoms with Crippen LogP contribution in [0, 0.1) is 10.8 Å². The third kappa shape index (κ3) is 24.3. The summed E-state index contributed by atoms with van der Waals surface area (Å²) in [4.78, 5) is 164. The van der Waals surface area contributed by atoms with E-state index in [9.17, 15) is 67.7 Å². The second-order valence-corrected chi connectivity index (χ2v) is 31.8. The van der Waals surface area contributed by atoms with E-state index in [2.05, 4.69) is 140 Å². The highest BCUT2D eigenvalue weighted by atomic mass is 28.3. The number of aromatic nitrogens is 6. The van der Waals surface area contributed by atoms with Crippen LogP contribution in [0.15, 0.2) is 182 Å². The van der Waals surface area contributed by atoms with Gasteiger partial charge in [-0.1, -0.05) is 187 Å². The number of hydrogen-bond donors (Lipinski definition) is 18. The van der Waals surface area contributed by atoms with Gasteiger partial charge in [0, 0.05) is 51.2 Å². The summed E-state index contributed by atoms with van der Waals surface area (Å²) in [6, 6.07) is 42.3.